The first-order valence-corrected chi connectivity index (χ1v) is 11.1. The molecule has 0 bridgehead atoms. The molecule has 2 aliphatic carbocycles. The highest BCUT2D eigenvalue weighted by molar-refractivity contribution is 5.02. The minimum Gasteiger partial charge on any atom is -0.198 e. The number of nitriles is 1. The van der Waals surface area contributed by atoms with Gasteiger partial charge in [0.1, 0.15) is 0 Å². The molecule has 0 aromatic carbocycles. The Balaban J connectivity index is 1.71. The Labute approximate surface area is 151 Å². The molecule has 0 aliphatic heterocycles. The zero-order chi connectivity index (χ0) is 17.3. The van der Waals surface area contributed by atoms with Crippen LogP contribution in [0.15, 0.2) is 0 Å². The molecule has 0 aromatic heterocycles. The van der Waals surface area contributed by atoms with Gasteiger partial charge in [0.05, 0.1) is 11.5 Å². The van der Waals surface area contributed by atoms with Crippen molar-refractivity contribution >= 4 is 0 Å². The van der Waals surface area contributed by atoms with Gasteiger partial charge in [-0.05, 0) is 49.9 Å². The second-order valence-electron chi connectivity index (χ2n) is 8.98. The van der Waals surface area contributed by atoms with Crippen molar-refractivity contribution in [1.82, 2.24) is 0 Å². The molecule has 2 saturated carbocycles. The quantitative estimate of drug-likeness (QED) is 0.398. The van der Waals surface area contributed by atoms with Crippen LogP contribution in [0.1, 0.15) is 117 Å². The number of hydrogen-bond donors (Lipinski definition) is 0. The molecule has 2 unspecified atom stereocenters. The lowest BCUT2D eigenvalue weighted by atomic mass is 9.62. The van der Waals surface area contributed by atoms with Gasteiger partial charge in [0.2, 0.25) is 0 Å². The van der Waals surface area contributed by atoms with Gasteiger partial charge < -0.3 is 0 Å². The van der Waals surface area contributed by atoms with E-state index >= 15 is 0 Å². The Bertz CT molecular complexity index is 370. The van der Waals surface area contributed by atoms with Crippen LogP contribution in [0.5, 0.6) is 0 Å². The molecule has 2 fully saturated rings. The van der Waals surface area contributed by atoms with E-state index in [9.17, 15) is 5.26 Å². The van der Waals surface area contributed by atoms with Crippen molar-refractivity contribution in [2.75, 3.05) is 0 Å². The normalized spacial score (nSPS) is 34.0. The Hall–Kier alpha value is -0.510. The van der Waals surface area contributed by atoms with Crippen LogP contribution >= 0.6 is 0 Å². The van der Waals surface area contributed by atoms with Gasteiger partial charge >= 0.3 is 0 Å². The molecule has 0 spiro atoms. The molecule has 0 radical (unpaired) electrons. The van der Waals surface area contributed by atoms with Gasteiger partial charge in [-0.3, -0.25) is 0 Å². The first-order chi connectivity index (χ1) is 11.7. The molecule has 2 aliphatic rings. The molecule has 0 heterocycles. The maximum absolute atomic E-state index is 9.74. The molecular formula is C23H41N. The van der Waals surface area contributed by atoms with Crippen LogP contribution in [0.3, 0.4) is 0 Å². The van der Waals surface area contributed by atoms with Crippen molar-refractivity contribution in [3.8, 4) is 6.07 Å². The van der Waals surface area contributed by atoms with Gasteiger partial charge in [-0.25, -0.2) is 0 Å². The van der Waals surface area contributed by atoms with Gasteiger partial charge in [-0.2, -0.15) is 5.26 Å². The minimum absolute atomic E-state index is 0.0355. The van der Waals surface area contributed by atoms with Crippen LogP contribution in [0.25, 0.3) is 0 Å². The lowest BCUT2D eigenvalue weighted by molar-refractivity contribution is 0.103. The van der Waals surface area contributed by atoms with Crippen molar-refractivity contribution in [1.29, 1.82) is 5.26 Å². The third-order valence-corrected chi connectivity index (χ3v) is 7.12. The van der Waals surface area contributed by atoms with Gasteiger partial charge in [-0.15, -0.1) is 0 Å². The fourth-order valence-corrected chi connectivity index (χ4v) is 5.66. The second kappa shape index (κ2) is 10.5. The largest absolute Gasteiger partial charge is 0.198 e. The summed E-state index contributed by atoms with van der Waals surface area (Å²) in [5.41, 5.74) is 0.0355. The number of unbranched alkanes of at least 4 members (excludes halogenated alkanes) is 4. The predicted molar refractivity (Wildman–Crippen MR) is 104 cm³/mol. The van der Waals surface area contributed by atoms with Crippen LogP contribution in [0, 0.1) is 34.5 Å². The van der Waals surface area contributed by atoms with Crippen molar-refractivity contribution in [2.24, 2.45) is 23.2 Å². The SMILES string of the molecule is CCCCCCC[C@H]1CC[C@H](C2CCCC(C#N)(CCC)C2)CC1. The number of nitrogens with zero attached hydrogens (tertiary/aromatic N) is 1. The zero-order valence-electron chi connectivity index (χ0n) is 16.5. The predicted octanol–water partition coefficient (Wildman–Crippen LogP) is 7.65. The van der Waals surface area contributed by atoms with Crippen LogP contribution in [-0.2, 0) is 0 Å². The van der Waals surface area contributed by atoms with Gasteiger partial charge in [0, 0.05) is 0 Å². The topological polar surface area (TPSA) is 23.8 Å². The number of rotatable bonds is 9. The smallest absolute Gasteiger partial charge is 0.0689 e. The van der Waals surface area contributed by atoms with Crippen LogP contribution < -0.4 is 0 Å². The lowest BCUT2D eigenvalue weighted by Gasteiger charge is -2.41. The Morgan fingerprint density at radius 3 is 2.29 bits per heavy atom. The summed E-state index contributed by atoms with van der Waals surface area (Å²) in [4.78, 5) is 0. The monoisotopic (exact) mass is 331 g/mol. The average Bonchev–Trinajstić information content (AvgIpc) is 2.62. The molecule has 0 amide bonds. The van der Waals surface area contributed by atoms with E-state index in [-0.39, 0.29) is 5.41 Å². The summed E-state index contributed by atoms with van der Waals surface area (Å²) in [6.07, 6.45) is 21.9. The highest BCUT2D eigenvalue weighted by atomic mass is 14.5. The highest BCUT2D eigenvalue weighted by Crippen LogP contribution is 2.48. The molecule has 2 atom stereocenters. The van der Waals surface area contributed by atoms with Crippen molar-refractivity contribution in [2.45, 2.75) is 117 Å². The molecule has 138 valence electrons. The third-order valence-electron chi connectivity index (χ3n) is 7.12. The van der Waals surface area contributed by atoms with Gasteiger partial charge in [0.15, 0.2) is 0 Å². The zero-order valence-corrected chi connectivity index (χ0v) is 16.5. The molecule has 0 aromatic rings. The Morgan fingerprint density at radius 2 is 1.62 bits per heavy atom. The Morgan fingerprint density at radius 1 is 0.875 bits per heavy atom. The molecule has 24 heavy (non-hydrogen) atoms. The van der Waals surface area contributed by atoms with E-state index in [1.165, 1.54) is 96.3 Å². The molecule has 1 nitrogen and oxygen atoms in total. The third kappa shape index (κ3) is 5.79. The van der Waals surface area contributed by atoms with Crippen molar-refractivity contribution in [3.05, 3.63) is 0 Å². The minimum atomic E-state index is 0.0355. The molecule has 0 N–H and O–H groups in total. The number of hydrogen-bond acceptors (Lipinski definition) is 1. The summed E-state index contributed by atoms with van der Waals surface area (Å²) < 4.78 is 0. The van der Waals surface area contributed by atoms with Gasteiger partial charge in [-0.1, -0.05) is 84.5 Å². The van der Waals surface area contributed by atoms with E-state index in [0.29, 0.717) is 0 Å². The summed E-state index contributed by atoms with van der Waals surface area (Å²) in [5.74, 6) is 2.81. The standard InChI is InChI=1S/C23H41N/c1-3-5-6-7-8-10-20-12-14-21(15-13-20)22-11-9-17-23(18-22,19-24)16-4-2/h20-22H,3-18H2,1-2H3/t20-,21-,22?,23?. The van der Waals surface area contributed by atoms with Crippen LogP contribution in [-0.4, -0.2) is 0 Å². The summed E-state index contributed by atoms with van der Waals surface area (Å²) in [6, 6.07) is 2.74. The molecular weight excluding hydrogens is 290 g/mol. The lowest BCUT2D eigenvalue weighted by Crippen LogP contribution is -2.32. The summed E-state index contributed by atoms with van der Waals surface area (Å²) >= 11 is 0. The molecule has 0 saturated heterocycles. The van der Waals surface area contributed by atoms with Crippen LogP contribution in [0.2, 0.25) is 0 Å². The highest BCUT2D eigenvalue weighted by Gasteiger charge is 2.39. The first-order valence-electron chi connectivity index (χ1n) is 11.1. The van der Waals surface area contributed by atoms with Crippen LogP contribution in [0.4, 0.5) is 0 Å². The summed E-state index contributed by atoms with van der Waals surface area (Å²) in [5, 5.41) is 9.74. The fraction of sp³-hybridized carbons (Fsp3) is 0.957. The average molecular weight is 332 g/mol. The maximum Gasteiger partial charge on any atom is 0.0689 e. The fourth-order valence-electron chi connectivity index (χ4n) is 5.66. The van der Waals surface area contributed by atoms with Crippen molar-refractivity contribution in [3.63, 3.8) is 0 Å². The van der Waals surface area contributed by atoms with Crippen molar-refractivity contribution < 1.29 is 0 Å². The van der Waals surface area contributed by atoms with E-state index in [4.69, 9.17) is 0 Å². The van der Waals surface area contributed by atoms with E-state index in [0.717, 1.165) is 24.2 Å². The Kier molecular flexibility index (Phi) is 8.65. The van der Waals surface area contributed by atoms with E-state index < -0.39 is 0 Å². The molecule has 2 rings (SSSR count). The van der Waals surface area contributed by atoms with E-state index in [2.05, 4.69) is 19.9 Å². The van der Waals surface area contributed by atoms with Gasteiger partial charge in [0.25, 0.3) is 0 Å². The van der Waals surface area contributed by atoms with E-state index in [1.807, 2.05) is 0 Å². The second-order valence-corrected chi connectivity index (χ2v) is 8.98. The summed E-state index contributed by atoms with van der Waals surface area (Å²) in [6.45, 7) is 4.54. The summed E-state index contributed by atoms with van der Waals surface area (Å²) in [7, 11) is 0. The first kappa shape index (κ1) is 19.8. The maximum atomic E-state index is 9.74. The van der Waals surface area contributed by atoms with E-state index in [1.54, 1.807) is 0 Å². The molecule has 1 heteroatoms.